The van der Waals surface area contributed by atoms with E-state index in [0.29, 0.717) is 0 Å². The fraction of sp³-hybridized carbons (Fsp3) is 0.889. The van der Waals surface area contributed by atoms with Gasteiger partial charge < -0.3 is 4.90 Å². The molecule has 0 bridgehead atoms. The van der Waals surface area contributed by atoms with Crippen LogP contribution in [0, 0.1) is 5.92 Å². The van der Waals surface area contributed by atoms with Crippen LogP contribution in [0.25, 0.3) is 0 Å². The third-order valence-electron chi connectivity index (χ3n) is 2.34. The second kappa shape index (κ2) is 3.74. The Morgan fingerprint density at radius 2 is 2.18 bits per heavy atom. The summed E-state index contributed by atoms with van der Waals surface area (Å²) in [5.74, 6) is 2.22. The minimum absolute atomic E-state index is 0.947. The van der Waals surface area contributed by atoms with E-state index >= 15 is 0 Å². The van der Waals surface area contributed by atoms with Gasteiger partial charge in [0.2, 0.25) is 0 Å². The van der Waals surface area contributed by atoms with E-state index in [1.165, 1.54) is 25.1 Å². The number of rotatable bonds is 3. The minimum atomic E-state index is 0.947. The first-order chi connectivity index (χ1) is 5.27. The highest BCUT2D eigenvalue weighted by Gasteiger charge is 2.23. The molecule has 0 N–H and O–H groups in total. The van der Waals surface area contributed by atoms with Crippen molar-refractivity contribution in [3.05, 3.63) is 0 Å². The lowest BCUT2D eigenvalue weighted by Crippen LogP contribution is -2.26. The zero-order valence-corrected chi connectivity index (χ0v) is 7.80. The molecule has 1 aliphatic carbocycles. The lowest BCUT2D eigenvalue weighted by molar-refractivity contribution is 0.515. The summed E-state index contributed by atoms with van der Waals surface area (Å²) in [5.41, 5.74) is 0. The number of amidine groups is 1. The fourth-order valence-corrected chi connectivity index (χ4v) is 1.18. The van der Waals surface area contributed by atoms with Crippen LogP contribution in [0.4, 0.5) is 0 Å². The van der Waals surface area contributed by atoms with Gasteiger partial charge in [-0.05, 0) is 25.7 Å². The SMILES string of the molecule is CCN(C)C(CC1CC1)=NC. The number of hydrogen-bond acceptors (Lipinski definition) is 1. The van der Waals surface area contributed by atoms with Crippen molar-refractivity contribution < 1.29 is 0 Å². The largest absolute Gasteiger partial charge is 0.364 e. The molecule has 1 aliphatic rings. The summed E-state index contributed by atoms with van der Waals surface area (Å²) in [6.07, 6.45) is 4.02. The lowest BCUT2D eigenvalue weighted by atomic mass is 10.2. The Morgan fingerprint density at radius 3 is 2.55 bits per heavy atom. The minimum Gasteiger partial charge on any atom is -0.364 e. The van der Waals surface area contributed by atoms with E-state index in [4.69, 9.17) is 0 Å². The average Bonchev–Trinajstić information content (AvgIpc) is 2.82. The van der Waals surface area contributed by atoms with Crippen LogP contribution in [-0.2, 0) is 0 Å². The first-order valence-electron chi connectivity index (χ1n) is 4.44. The van der Waals surface area contributed by atoms with Crippen molar-refractivity contribution in [3.8, 4) is 0 Å². The summed E-state index contributed by atoms with van der Waals surface area (Å²) in [6.45, 7) is 3.23. The van der Waals surface area contributed by atoms with E-state index < -0.39 is 0 Å². The van der Waals surface area contributed by atoms with Gasteiger partial charge in [-0.15, -0.1) is 0 Å². The molecule has 0 heterocycles. The molecule has 2 nitrogen and oxygen atoms in total. The van der Waals surface area contributed by atoms with Gasteiger partial charge in [0, 0.05) is 27.1 Å². The summed E-state index contributed by atoms with van der Waals surface area (Å²) in [5, 5.41) is 0. The van der Waals surface area contributed by atoms with Crippen molar-refractivity contribution in [2.75, 3.05) is 20.6 Å². The summed E-state index contributed by atoms with van der Waals surface area (Å²) in [7, 11) is 4.01. The van der Waals surface area contributed by atoms with Crippen LogP contribution in [-0.4, -0.2) is 31.4 Å². The van der Waals surface area contributed by atoms with Crippen LogP contribution in [0.5, 0.6) is 0 Å². The zero-order valence-electron chi connectivity index (χ0n) is 7.80. The highest BCUT2D eigenvalue weighted by Crippen LogP contribution is 2.32. The van der Waals surface area contributed by atoms with E-state index in [1.807, 2.05) is 7.05 Å². The van der Waals surface area contributed by atoms with E-state index in [-0.39, 0.29) is 0 Å². The van der Waals surface area contributed by atoms with Gasteiger partial charge in [-0.2, -0.15) is 0 Å². The summed E-state index contributed by atoms with van der Waals surface area (Å²) in [4.78, 5) is 6.52. The number of hydrogen-bond donors (Lipinski definition) is 0. The van der Waals surface area contributed by atoms with Gasteiger partial charge >= 0.3 is 0 Å². The van der Waals surface area contributed by atoms with Crippen LogP contribution < -0.4 is 0 Å². The molecule has 1 rings (SSSR count). The van der Waals surface area contributed by atoms with Gasteiger partial charge in [0.1, 0.15) is 0 Å². The molecule has 11 heavy (non-hydrogen) atoms. The molecule has 1 fully saturated rings. The molecule has 0 amide bonds. The molecule has 0 aromatic rings. The first kappa shape index (κ1) is 8.57. The zero-order chi connectivity index (χ0) is 8.27. The summed E-state index contributed by atoms with van der Waals surface area (Å²) >= 11 is 0. The smallest absolute Gasteiger partial charge is 0.0985 e. The Hall–Kier alpha value is -0.530. The third-order valence-corrected chi connectivity index (χ3v) is 2.34. The molecule has 2 heteroatoms. The molecule has 0 unspecified atom stereocenters. The van der Waals surface area contributed by atoms with Crippen molar-refractivity contribution in [3.63, 3.8) is 0 Å². The molecular weight excluding hydrogens is 136 g/mol. The van der Waals surface area contributed by atoms with Crippen molar-refractivity contribution in [1.29, 1.82) is 0 Å². The van der Waals surface area contributed by atoms with E-state index in [1.54, 1.807) is 0 Å². The van der Waals surface area contributed by atoms with E-state index in [2.05, 4.69) is 23.9 Å². The predicted molar refractivity (Wildman–Crippen MR) is 49.0 cm³/mol. The Kier molecular flexibility index (Phi) is 2.92. The highest BCUT2D eigenvalue weighted by molar-refractivity contribution is 5.82. The summed E-state index contributed by atoms with van der Waals surface area (Å²) in [6, 6.07) is 0. The van der Waals surface area contributed by atoms with E-state index in [0.717, 1.165) is 12.5 Å². The van der Waals surface area contributed by atoms with Gasteiger partial charge in [-0.3, -0.25) is 4.99 Å². The van der Waals surface area contributed by atoms with Gasteiger partial charge in [0.05, 0.1) is 5.84 Å². The predicted octanol–water partition coefficient (Wildman–Crippen LogP) is 1.77. The number of aliphatic imine (C=N–C) groups is 1. The standard InChI is InChI=1S/C9H18N2/c1-4-11(3)9(10-2)7-8-5-6-8/h8H,4-7H2,1-3H3. The van der Waals surface area contributed by atoms with E-state index in [9.17, 15) is 0 Å². The highest BCUT2D eigenvalue weighted by atomic mass is 15.1. The lowest BCUT2D eigenvalue weighted by Gasteiger charge is -2.18. The van der Waals surface area contributed by atoms with Crippen molar-refractivity contribution in [1.82, 2.24) is 4.90 Å². The quantitative estimate of drug-likeness (QED) is 0.447. The molecule has 0 aromatic heterocycles. The molecule has 0 spiro atoms. The molecule has 1 saturated carbocycles. The van der Waals surface area contributed by atoms with Crippen LogP contribution in [0.2, 0.25) is 0 Å². The second-order valence-corrected chi connectivity index (χ2v) is 3.30. The summed E-state index contributed by atoms with van der Waals surface area (Å²) < 4.78 is 0. The van der Waals surface area contributed by atoms with Crippen LogP contribution in [0.3, 0.4) is 0 Å². The Balaban J connectivity index is 2.35. The van der Waals surface area contributed by atoms with Crippen LogP contribution >= 0.6 is 0 Å². The second-order valence-electron chi connectivity index (χ2n) is 3.30. The van der Waals surface area contributed by atoms with Crippen LogP contribution in [0.15, 0.2) is 4.99 Å². The normalized spacial score (nSPS) is 18.6. The van der Waals surface area contributed by atoms with Crippen LogP contribution in [0.1, 0.15) is 26.2 Å². The molecule has 0 saturated heterocycles. The molecule has 0 aromatic carbocycles. The topological polar surface area (TPSA) is 15.6 Å². The maximum Gasteiger partial charge on any atom is 0.0985 e. The molecule has 64 valence electrons. The van der Waals surface area contributed by atoms with Crippen molar-refractivity contribution >= 4 is 5.84 Å². The molecule has 0 atom stereocenters. The number of nitrogens with zero attached hydrogens (tertiary/aromatic N) is 2. The van der Waals surface area contributed by atoms with Gasteiger partial charge in [0.15, 0.2) is 0 Å². The first-order valence-corrected chi connectivity index (χ1v) is 4.44. The monoisotopic (exact) mass is 154 g/mol. The maximum absolute atomic E-state index is 4.28. The average molecular weight is 154 g/mol. The van der Waals surface area contributed by atoms with Gasteiger partial charge in [-0.25, -0.2) is 0 Å². The Morgan fingerprint density at radius 1 is 1.55 bits per heavy atom. The van der Waals surface area contributed by atoms with Crippen molar-refractivity contribution in [2.24, 2.45) is 10.9 Å². The van der Waals surface area contributed by atoms with Gasteiger partial charge in [0.25, 0.3) is 0 Å². The van der Waals surface area contributed by atoms with Crippen molar-refractivity contribution in [2.45, 2.75) is 26.2 Å². The molecular formula is C9H18N2. The maximum atomic E-state index is 4.28. The molecule has 0 radical (unpaired) electrons. The molecule has 0 aliphatic heterocycles. The third kappa shape index (κ3) is 2.52. The van der Waals surface area contributed by atoms with Gasteiger partial charge in [-0.1, -0.05) is 0 Å². The Labute approximate surface area is 69.3 Å². The fourth-order valence-electron chi connectivity index (χ4n) is 1.18. The Bertz CT molecular complexity index is 148.